The molecule has 0 saturated heterocycles. The molecule has 1 heterocycles. The van der Waals surface area contributed by atoms with E-state index < -0.39 is 0 Å². The van der Waals surface area contributed by atoms with Crippen LogP contribution in [0.5, 0.6) is 0 Å². The minimum atomic E-state index is 0.0374. The zero-order chi connectivity index (χ0) is 14.1. The molecule has 4 heteroatoms. The lowest BCUT2D eigenvalue weighted by Gasteiger charge is -2.09. The summed E-state index contributed by atoms with van der Waals surface area (Å²) in [7, 11) is 0. The molecule has 19 heavy (non-hydrogen) atoms. The molecule has 0 fully saturated rings. The van der Waals surface area contributed by atoms with Crippen LogP contribution in [0.15, 0.2) is 15.5 Å². The fraction of sp³-hybridized carbons (Fsp3) is 0.733. The summed E-state index contributed by atoms with van der Waals surface area (Å²) in [5.41, 5.74) is 0.0374. The number of halogens is 1. The van der Waals surface area contributed by atoms with E-state index in [9.17, 15) is 4.79 Å². The highest BCUT2D eigenvalue weighted by molar-refractivity contribution is 9.10. The van der Waals surface area contributed by atoms with E-state index in [1.165, 1.54) is 44.9 Å². The SMILES string of the molecule is CCCCCCCCCCn1c(C)ncc(Br)c1=O. The molecule has 1 aromatic heterocycles. The van der Waals surface area contributed by atoms with E-state index in [0.717, 1.165) is 18.8 Å². The van der Waals surface area contributed by atoms with Crippen LogP contribution in [0.3, 0.4) is 0 Å². The third-order valence-corrected chi connectivity index (χ3v) is 3.98. The van der Waals surface area contributed by atoms with Gasteiger partial charge in [0.25, 0.3) is 5.56 Å². The number of hydrogen-bond acceptors (Lipinski definition) is 2. The Morgan fingerprint density at radius 2 is 1.68 bits per heavy atom. The topological polar surface area (TPSA) is 34.9 Å². The van der Waals surface area contributed by atoms with E-state index in [1.54, 1.807) is 10.8 Å². The van der Waals surface area contributed by atoms with Crippen LogP contribution in [0.25, 0.3) is 0 Å². The molecular formula is C15H25BrN2O. The molecule has 0 aliphatic carbocycles. The van der Waals surface area contributed by atoms with E-state index in [4.69, 9.17) is 0 Å². The van der Waals surface area contributed by atoms with Gasteiger partial charge in [0.2, 0.25) is 0 Å². The van der Waals surface area contributed by atoms with Crippen molar-refractivity contribution in [2.45, 2.75) is 71.8 Å². The van der Waals surface area contributed by atoms with Crippen molar-refractivity contribution in [3.05, 3.63) is 26.8 Å². The van der Waals surface area contributed by atoms with Gasteiger partial charge in [-0.15, -0.1) is 0 Å². The van der Waals surface area contributed by atoms with Crippen molar-refractivity contribution in [3.63, 3.8) is 0 Å². The average Bonchev–Trinajstić information content (AvgIpc) is 2.40. The molecule has 108 valence electrons. The molecule has 1 aromatic rings. The van der Waals surface area contributed by atoms with E-state index in [-0.39, 0.29) is 5.56 Å². The zero-order valence-electron chi connectivity index (χ0n) is 12.1. The number of aryl methyl sites for hydroxylation is 1. The first-order chi connectivity index (χ1) is 9.16. The summed E-state index contributed by atoms with van der Waals surface area (Å²) in [6, 6.07) is 0. The first-order valence-electron chi connectivity index (χ1n) is 7.38. The Hall–Kier alpha value is -0.640. The Bertz CT molecular complexity index is 429. The van der Waals surface area contributed by atoms with E-state index in [1.807, 2.05) is 6.92 Å². The maximum absolute atomic E-state index is 11.9. The van der Waals surface area contributed by atoms with Crippen molar-refractivity contribution < 1.29 is 0 Å². The Morgan fingerprint density at radius 1 is 1.11 bits per heavy atom. The minimum absolute atomic E-state index is 0.0374. The molecular weight excluding hydrogens is 304 g/mol. The van der Waals surface area contributed by atoms with Crippen LogP contribution < -0.4 is 5.56 Å². The molecule has 0 saturated carbocycles. The highest BCUT2D eigenvalue weighted by atomic mass is 79.9. The van der Waals surface area contributed by atoms with Crippen molar-refractivity contribution in [1.29, 1.82) is 0 Å². The van der Waals surface area contributed by atoms with Gasteiger partial charge in [0.1, 0.15) is 10.3 Å². The highest BCUT2D eigenvalue weighted by Crippen LogP contribution is 2.09. The second-order valence-electron chi connectivity index (χ2n) is 5.09. The van der Waals surface area contributed by atoms with Crippen LogP contribution in [0, 0.1) is 6.92 Å². The van der Waals surface area contributed by atoms with Gasteiger partial charge in [-0.05, 0) is 29.3 Å². The van der Waals surface area contributed by atoms with Crippen molar-refractivity contribution >= 4 is 15.9 Å². The molecule has 0 bridgehead atoms. The third-order valence-electron chi connectivity index (χ3n) is 3.44. The monoisotopic (exact) mass is 328 g/mol. The number of hydrogen-bond donors (Lipinski definition) is 0. The summed E-state index contributed by atoms with van der Waals surface area (Å²) in [5.74, 6) is 0.802. The summed E-state index contributed by atoms with van der Waals surface area (Å²) in [5, 5.41) is 0. The quantitative estimate of drug-likeness (QED) is 0.627. The van der Waals surface area contributed by atoms with Gasteiger partial charge in [-0.25, -0.2) is 4.98 Å². The molecule has 3 nitrogen and oxygen atoms in total. The van der Waals surface area contributed by atoms with Gasteiger partial charge in [0, 0.05) is 12.7 Å². The second kappa shape index (κ2) is 9.29. The Kier molecular flexibility index (Phi) is 8.03. The Morgan fingerprint density at radius 3 is 2.32 bits per heavy atom. The molecule has 0 aliphatic heterocycles. The lowest BCUT2D eigenvalue weighted by Crippen LogP contribution is -2.24. The Balaban J connectivity index is 2.23. The normalized spacial score (nSPS) is 10.9. The summed E-state index contributed by atoms with van der Waals surface area (Å²) in [6.45, 7) is 4.91. The first kappa shape index (κ1) is 16.4. The zero-order valence-corrected chi connectivity index (χ0v) is 13.7. The molecule has 0 amide bonds. The molecule has 0 aromatic carbocycles. The second-order valence-corrected chi connectivity index (χ2v) is 5.94. The number of nitrogens with zero attached hydrogens (tertiary/aromatic N) is 2. The largest absolute Gasteiger partial charge is 0.296 e. The molecule has 1 rings (SSSR count). The lowest BCUT2D eigenvalue weighted by molar-refractivity contribution is 0.526. The number of rotatable bonds is 9. The van der Waals surface area contributed by atoms with Crippen LogP contribution >= 0.6 is 15.9 Å². The molecule has 0 unspecified atom stereocenters. The van der Waals surface area contributed by atoms with E-state index in [2.05, 4.69) is 27.8 Å². The van der Waals surface area contributed by atoms with Crippen molar-refractivity contribution in [1.82, 2.24) is 9.55 Å². The summed E-state index contributed by atoms with van der Waals surface area (Å²) in [4.78, 5) is 16.1. The predicted octanol–water partition coefficient (Wildman–Crippen LogP) is 4.45. The average molecular weight is 329 g/mol. The van der Waals surface area contributed by atoms with Crippen molar-refractivity contribution in [2.24, 2.45) is 0 Å². The fourth-order valence-corrected chi connectivity index (χ4v) is 2.53. The Labute approximate surface area is 124 Å². The molecule has 0 N–H and O–H groups in total. The predicted molar refractivity (Wildman–Crippen MR) is 83.5 cm³/mol. The molecule has 0 aliphatic rings. The van der Waals surface area contributed by atoms with E-state index >= 15 is 0 Å². The lowest BCUT2D eigenvalue weighted by atomic mass is 10.1. The first-order valence-corrected chi connectivity index (χ1v) is 8.18. The smallest absolute Gasteiger partial charge is 0.267 e. The summed E-state index contributed by atoms with van der Waals surface area (Å²) < 4.78 is 2.32. The maximum atomic E-state index is 11.9. The van der Waals surface area contributed by atoms with Crippen LogP contribution in [0.1, 0.15) is 64.1 Å². The number of unbranched alkanes of at least 4 members (excludes halogenated alkanes) is 7. The van der Waals surface area contributed by atoms with Gasteiger partial charge in [0.15, 0.2) is 0 Å². The summed E-state index contributed by atoms with van der Waals surface area (Å²) >= 11 is 3.24. The minimum Gasteiger partial charge on any atom is -0.296 e. The number of aromatic nitrogens is 2. The van der Waals surface area contributed by atoms with Crippen molar-refractivity contribution in [3.8, 4) is 0 Å². The van der Waals surface area contributed by atoms with Crippen LogP contribution in [0.2, 0.25) is 0 Å². The maximum Gasteiger partial charge on any atom is 0.267 e. The van der Waals surface area contributed by atoms with Crippen LogP contribution in [-0.4, -0.2) is 9.55 Å². The van der Waals surface area contributed by atoms with Crippen LogP contribution in [0.4, 0.5) is 0 Å². The van der Waals surface area contributed by atoms with Gasteiger partial charge < -0.3 is 0 Å². The molecule has 0 radical (unpaired) electrons. The van der Waals surface area contributed by atoms with Crippen molar-refractivity contribution in [2.75, 3.05) is 0 Å². The van der Waals surface area contributed by atoms with Gasteiger partial charge in [-0.1, -0.05) is 51.9 Å². The fourth-order valence-electron chi connectivity index (χ4n) is 2.22. The standard InChI is InChI=1S/C15H25BrN2O/c1-3-4-5-6-7-8-9-10-11-18-13(2)17-12-14(16)15(18)19/h12H,3-11H2,1-2H3. The summed E-state index contributed by atoms with van der Waals surface area (Å²) in [6.07, 6.45) is 11.8. The van der Waals surface area contributed by atoms with Gasteiger partial charge in [0.05, 0.1) is 0 Å². The highest BCUT2D eigenvalue weighted by Gasteiger charge is 2.04. The van der Waals surface area contributed by atoms with Gasteiger partial charge >= 0.3 is 0 Å². The molecule has 0 atom stereocenters. The van der Waals surface area contributed by atoms with Gasteiger partial charge in [-0.2, -0.15) is 0 Å². The van der Waals surface area contributed by atoms with Gasteiger partial charge in [-0.3, -0.25) is 9.36 Å². The van der Waals surface area contributed by atoms with E-state index in [0.29, 0.717) is 4.47 Å². The third kappa shape index (κ3) is 5.89. The van der Waals surface area contributed by atoms with Crippen LogP contribution in [-0.2, 0) is 6.54 Å². The molecule has 0 spiro atoms.